The van der Waals surface area contributed by atoms with Crippen LogP contribution in [0.5, 0.6) is 0 Å². The van der Waals surface area contributed by atoms with Crippen molar-refractivity contribution in [2.24, 2.45) is 0 Å². The van der Waals surface area contributed by atoms with E-state index in [9.17, 15) is 9.59 Å². The van der Waals surface area contributed by atoms with Crippen LogP contribution in [-0.2, 0) is 9.59 Å². The van der Waals surface area contributed by atoms with Gasteiger partial charge in [0, 0.05) is 5.02 Å². The summed E-state index contributed by atoms with van der Waals surface area (Å²) in [5, 5.41) is 0.915. The number of hydrogen-bond donors (Lipinski definition) is 0. The van der Waals surface area contributed by atoms with Crippen LogP contribution in [0.15, 0.2) is 12.1 Å². The van der Waals surface area contributed by atoms with E-state index in [4.69, 9.17) is 34.8 Å². The molecular formula is C10H6Cl3NO2. The number of rotatable bonds is 1. The quantitative estimate of drug-likeness (QED) is 0.741. The zero-order chi connectivity index (χ0) is 11.9. The van der Waals surface area contributed by atoms with E-state index in [0.29, 0.717) is 10.7 Å². The highest BCUT2D eigenvalue weighted by atomic mass is 35.5. The number of Topliss-reactive ketones (excluding diaryl/α,β-unsaturated/α-hetero) is 1. The molecular weight excluding hydrogens is 272 g/mol. The predicted molar refractivity (Wildman–Crippen MR) is 63.4 cm³/mol. The minimum absolute atomic E-state index is 0.0138. The molecule has 1 aliphatic heterocycles. The molecule has 1 fully saturated rings. The van der Waals surface area contributed by atoms with E-state index in [1.165, 1.54) is 17.0 Å². The molecule has 0 spiro atoms. The van der Waals surface area contributed by atoms with Crippen LogP contribution in [0.1, 0.15) is 6.42 Å². The fourth-order valence-electron chi connectivity index (χ4n) is 1.58. The molecule has 0 N–H and O–H groups in total. The van der Waals surface area contributed by atoms with E-state index in [0.717, 1.165) is 0 Å². The van der Waals surface area contributed by atoms with Crippen molar-refractivity contribution in [2.45, 2.75) is 6.42 Å². The number of halogens is 3. The van der Waals surface area contributed by atoms with Crippen LogP contribution in [0.25, 0.3) is 0 Å². The second-order valence-electron chi connectivity index (χ2n) is 3.41. The fourth-order valence-corrected chi connectivity index (χ4v) is 2.60. The Hall–Kier alpha value is -0.770. The third-order valence-corrected chi connectivity index (χ3v) is 3.03. The molecule has 1 saturated heterocycles. The summed E-state index contributed by atoms with van der Waals surface area (Å²) >= 11 is 17.7. The largest absolute Gasteiger partial charge is 0.302 e. The van der Waals surface area contributed by atoms with Crippen LogP contribution in [-0.4, -0.2) is 18.2 Å². The van der Waals surface area contributed by atoms with Gasteiger partial charge >= 0.3 is 0 Å². The van der Waals surface area contributed by atoms with Crippen molar-refractivity contribution in [3.8, 4) is 0 Å². The van der Waals surface area contributed by atoms with Gasteiger partial charge < -0.3 is 4.90 Å². The molecule has 0 unspecified atom stereocenters. The van der Waals surface area contributed by atoms with Crippen molar-refractivity contribution in [1.82, 2.24) is 0 Å². The van der Waals surface area contributed by atoms with E-state index in [2.05, 4.69) is 0 Å². The van der Waals surface area contributed by atoms with Gasteiger partial charge in [-0.25, -0.2) is 0 Å². The molecule has 1 aliphatic rings. The van der Waals surface area contributed by atoms with Crippen LogP contribution >= 0.6 is 34.8 Å². The molecule has 1 heterocycles. The second kappa shape index (κ2) is 4.24. The van der Waals surface area contributed by atoms with Gasteiger partial charge in [0.1, 0.15) is 0 Å². The number of anilines is 1. The van der Waals surface area contributed by atoms with E-state index in [-0.39, 0.29) is 34.7 Å². The first kappa shape index (κ1) is 11.7. The van der Waals surface area contributed by atoms with Gasteiger partial charge in [0.25, 0.3) is 0 Å². The van der Waals surface area contributed by atoms with Crippen LogP contribution in [0, 0.1) is 0 Å². The van der Waals surface area contributed by atoms with Crippen molar-refractivity contribution >= 4 is 52.2 Å². The van der Waals surface area contributed by atoms with Crippen LogP contribution < -0.4 is 4.90 Å². The molecule has 16 heavy (non-hydrogen) atoms. The van der Waals surface area contributed by atoms with Crippen LogP contribution in [0.2, 0.25) is 15.1 Å². The topological polar surface area (TPSA) is 37.4 Å². The van der Waals surface area contributed by atoms with E-state index >= 15 is 0 Å². The number of hydrogen-bond acceptors (Lipinski definition) is 2. The molecule has 1 aromatic rings. The summed E-state index contributed by atoms with van der Waals surface area (Å²) in [7, 11) is 0. The van der Waals surface area contributed by atoms with Crippen molar-refractivity contribution < 1.29 is 9.59 Å². The molecule has 0 atom stereocenters. The molecule has 1 aromatic carbocycles. The van der Waals surface area contributed by atoms with Gasteiger partial charge in [-0.05, 0) is 12.1 Å². The lowest BCUT2D eigenvalue weighted by Gasteiger charge is -2.18. The van der Waals surface area contributed by atoms with E-state index in [1.54, 1.807) is 0 Å². The summed E-state index contributed by atoms with van der Waals surface area (Å²) < 4.78 is 0. The second-order valence-corrected chi connectivity index (χ2v) is 4.66. The number of benzene rings is 1. The third kappa shape index (κ3) is 2.03. The van der Waals surface area contributed by atoms with Crippen molar-refractivity contribution in [2.75, 3.05) is 11.4 Å². The standard InChI is InChI=1S/C10H6Cl3NO2/c11-5-1-7(12)10(8(13)2-5)14-4-6(15)3-9(14)16/h1-2H,3-4H2. The summed E-state index contributed by atoms with van der Waals surface area (Å²) in [6.07, 6.45) is -0.102. The molecule has 0 aliphatic carbocycles. The molecule has 0 saturated carbocycles. The summed E-state index contributed by atoms with van der Waals surface area (Å²) in [6, 6.07) is 2.97. The summed E-state index contributed by atoms with van der Waals surface area (Å²) in [4.78, 5) is 24.0. The van der Waals surface area contributed by atoms with Crippen LogP contribution in [0.4, 0.5) is 5.69 Å². The zero-order valence-corrected chi connectivity index (χ0v) is 10.2. The minimum atomic E-state index is -0.295. The van der Waals surface area contributed by atoms with Crippen LogP contribution in [0.3, 0.4) is 0 Å². The van der Waals surface area contributed by atoms with E-state index < -0.39 is 0 Å². The third-order valence-electron chi connectivity index (χ3n) is 2.24. The maximum Gasteiger partial charge on any atom is 0.235 e. The number of amides is 1. The van der Waals surface area contributed by atoms with Crippen molar-refractivity contribution in [1.29, 1.82) is 0 Å². The highest BCUT2D eigenvalue weighted by Crippen LogP contribution is 2.37. The van der Waals surface area contributed by atoms with Gasteiger partial charge in [-0.2, -0.15) is 0 Å². The molecule has 1 amide bonds. The Morgan fingerprint density at radius 3 is 2.06 bits per heavy atom. The Kier molecular flexibility index (Phi) is 3.10. The lowest BCUT2D eigenvalue weighted by molar-refractivity contribution is -0.121. The average molecular weight is 279 g/mol. The SMILES string of the molecule is O=C1CC(=O)N(c2c(Cl)cc(Cl)cc2Cl)C1. The summed E-state index contributed by atoms with van der Waals surface area (Å²) in [5.41, 5.74) is 0.351. The molecule has 0 radical (unpaired) electrons. The number of carbonyl (C=O) groups is 2. The molecule has 6 heteroatoms. The van der Waals surface area contributed by atoms with Crippen molar-refractivity contribution in [3.05, 3.63) is 27.2 Å². The maximum atomic E-state index is 11.5. The molecule has 84 valence electrons. The summed E-state index contributed by atoms with van der Waals surface area (Å²) in [6.45, 7) is 0.0138. The molecule has 0 aromatic heterocycles. The smallest absolute Gasteiger partial charge is 0.235 e. The summed E-state index contributed by atoms with van der Waals surface area (Å²) in [5.74, 6) is -0.441. The van der Waals surface area contributed by atoms with Crippen molar-refractivity contribution in [3.63, 3.8) is 0 Å². The van der Waals surface area contributed by atoms with Gasteiger partial charge in [0.2, 0.25) is 5.91 Å². The van der Waals surface area contributed by atoms with E-state index in [1.807, 2.05) is 0 Å². The first-order valence-electron chi connectivity index (χ1n) is 4.45. The number of carbonyl (C=O) groups excluding carboxylic acids is 2. The van der Waals surface area contributed by atoms with Gasteiger partial charge in [-0.3, -0.25) is 9.59 Å². The predicted octanol–water partition coefficient (Wildman–Crippen LogP) is 2.95. The normalized spacial score (nSPS) is 16.1. The Bertz CT molecular complexity index is 464. The number of nitrogens with zero attached hydrogens (tertiary/aromatic N) is 1. The number of ketones is 1. The lowest BCUT2D eigenvalue weighted by atomic mass is 10.3. The van der Waals surface area contributed by atoms with Gasteiger partial charge in [-0.1, -0.05) is 34.8 Å². The first-order valence-corrected chi connectivity index (χ1v) is 5.59. The average Bonchev–Trinajstić information content (AvgIpc) is 2.43. The minimum Gasteiger partial charge on any atom is -0.302 e. The maximum absolute atomic E-state index is 11.5. The Labute approximate surface area is 107 Å². The zero-order valence-electron chi connectivity index (χ0n) is 7.97. The Morgan fingerprint density at radius 1 is 1.06 bits per heavy atom. The van der Waals surface area contributed by atoms with Gasteiger partial charge in [0.15, 0.2) is 5.78 Å². The fraction of sp³-hybridized carbons (Fsp3) is 0.200. The first-order chi connectivity index (χ1) is 7.49. The highest BCUT2D eigenvalue weighted by molar-refractivity contribution is 6.42. The molecule has 3 nitrogen and oxygen atoms in total. The van der Waals surface area contributed by atoms with Gasteiger partial charge in [-0.15, -0.1) is 0 Å². The lowest BCUT2D eigenvalue weighted by Crippen LogP contribution is -2.25. The highest BCUT2D eigenvalue weighted by Gasteiger charge is 2.31. The monoisotopic (exact) mass is 277 g/mol. The molecule has 2 rings (SSSR count). The van der Waals surface area contributed by atoms with Gasteiger partial charge in [0.05, 0.1) is 28.7 Å². The Balaban J connectivity index is 2.48. The Morgan fingerprint density at radius 2 is 1.62 bits per heavy atom. The molecule has 0 bridgehead atoms.